The zero-order valence-corrected chi connectivity index (χ0v) is 11.9. The van der Waals surface area contributed by atoms with Crippen molar-refractivity contribution in [3.63, 3.8) is 0 Å². The Morgan fingerprint density at radius 2 is 1.79 bits per heavy atom. The number of fused-ring (bicyclic) bond motifs is 1. The fourth-order valence-corrected chi connectivity index (χ4v) is 2.57. The summed E-state index contributed by atoms with van der Waals surface area (Å²) in [5.74, 6) is 0.917. The van der Waals surface area contributed by atoms with E-state index >= 15 is 0 Å². The molecule has 2 N–H and O–H groups in total. The first kappa shape index (κ1) is 13.9. The molecule has 0 radical (unpaired) electrons. The fraction of sp³-hybridized carbons (Fsp3) is 0.412. The number of benzene rings is 2. The largest absolute Gasteiger partial charge is 0.496 e. The lowest BCUT2D eigenvalue weighted by atomic mass is 9.95. The van der Waals surface area contributed by atoms with Crippen molar-refractivity contribution in [3.05, 3.63) is 42.0 Å². The zero-order valence-electron chi connectivity index (χ0n) is 11.9. The van der Waals surface area contributed by atoms with Crippen LogP contribution < -0.4 is 10.5 Å². The summed E-state index contributed by atoms with van der Waals surface area (Å²) < 4.78 is 5.42. The molecular formula is C17H23NO. The molecule has 0 saturated heterocycles. The Balaban J connectivity index is 2.33. The van der Waals surface area contributed by atoms with Crippen molar-refractivity contribution < 1.29 is 4.74 Å². The summed E-state index contributed by atoms with van der Waals surface area (Å²) in [6, 6.07) is 12.6. The van der Waals surface area contributed by atoms with Crippen LogP contribution in [0.4, 0.5) is 0 Å². The molecule has 19 heavy (non-hydrogen) atoms. The lowest BCUT2D eigenvalue weighted by molar-refractivity contribution is 0.419. The lowest BCUT2D eigenvalue weighted by Crippen LogP contribution is -2.10. The highest BCUT2D eigenvalue weighted by atomic mass is 16.5. The van der Waals surface area contributed by atoms with Crippen molar-refractivity contribution in [2.24, 2.45) is 5.73 Å². The van der Waals surface area contributed by atoms with Crippen LogP contribution in [0.15, 0.2) is 36.4 Å². The molecule has 102 valence electrons. The predicted molar refractivity (Wildman–Crippen MR) is 81.6 cm³/mol. The Kier molecular flexibility index (Phi) is 4.80. The van der Waals surface area contributed by atoms with Crippen LogP contribution in [0.25, 0.3) is 10.8 Å². The van der Waals surface area contributed by atoms with Crippen LogP contribution in [0.5, 0.6) is 5.75 Å². The van der Waals surface area contributed by atoms with Crippen LogP contribution >= 0.6 is 0 Å². The molecule has 0 bridgehead atoms. The maximum absolute atomic E-state index is 6.35. The van der Waals surface area contributed by atoms with E-state index in [0.717, 1.165) is 17.6 Å². The molecule has 0 aliphatic heterocycles. The van der Waals surface area contributed by atoms with Crippen molar-refractivity contribution >= 4 is 10.8 Å². The molecule has 0 amide bonds. The van der Waals surface area contributed by atoms with Crippen molar-refractivity contribution in [3.8, 4) is 5.75 Å². The van der Waals surface area contributed by atoms with Crippen LogP contribution in [0, 0.1) is 0 Å². The minimum Gasteiger partial charge on any atom is -0.496 e. The lowest BCUT2D eigenvalue weighted by Gasteiger charge is -2.16. The van der Waals surface area contributed by atoms with E-state index in [1.807, 2.05) is 12.1 Å². The van der Waals surface area contributed by atoms with Gasteiger partial charge < -0.3 is 10.5 Å². The van der Waals surface area contributed by atoms with Gasteiger partial charge in [0.25, 0.3) is 0 Å². The average molecular weight is 257 g/mol. The maximum atomic E-state index is 6.35. The monoisotopic (exact) mass is 257 g/mol. The van der Waals surface area contributed by atoms with E-state index in [0.29, 0.717) is 0 Å². The van der Waals surface area contributed by atoms with E-state index in [-0.39, 0.29) is 6.04 Å². The van der Waals surface area contributed by atoms with Gasteiger partial charge >= 0.3 is 0 Å². The summed E-state index contributed by atoms with van der Waals surface area (Å²) in [6.07, 6.45) is 4.72. The summed E-state index contributed by atoms with van der Waals surface area (Å²) in [5.41, 5.74) is 7.58. The molecule has 0 aliphatic carbocycles. The standard InChI is InChI=1S/C17H23NO/c1-3-4-5-10-16(18)14-11-12-17(19-2)15-9-7-6-8-13(14)15/h6-9,11-12,16H,3-5,10,18H2,1-2H3/t16-/m0/s1. The molecule has 2 rings (SSSR count). The van der Waals surface area contributed by atoms with Gasteiger partial charge in [-0.05, 0) is 23.4 Å². The number of methoxy groups -OCH3 is 1. The Morgan fingerprint density at radius 1 is 1.05 bits per heavy atom. The average Bonchev–Trinajstić information content (AvgIpc) is 2.46. The Hall–Kier alpha value is -1.54. The molecule has 2 nitrogen and oxygen atoms in total. The van der Waals surface area contributed by atoms with Crippen LogP contribution in [0.1, 0.15) is 44.2 Å². The van der Waals surface area contributed by atoms with Gasteiger partial charge in [-0.2, -0.15) is 0 Å². The van der Waals surface area contributed by atoms with Gasteiger partial charge in [-0.15, -0.1) is 0 Å². The van der Waals surface area contributed by atoms with E-state index in [9.17, 15) is 0 Å². The van der Waals surface area contributed by atoms with Gasteiger partial charge in [0.15, 0.2) is 0 Å². The minimum atomic E-state index is 0.113. The van der Waals surface area contributed by atoms with E-state index in [4.69, 9.17) is 10.5 Å². The summed E-state index contributed by atoms with van der Waals surface area (Å²) in [5, 5.41) is 2.36. The Morgan fingerprint density at radius 3 is 2.47 bits per heavy atom. The topological polar surface area (TPSA) is 35.2 Å². The van der Waals surface area contributed by atoms with E-state index in [2.05, 4.69) is 31.2 Å². The van der Waals surface area contributed by atoms with Crippen LogP contribution in [0.2, 0.25) is 0 Å². The number of rotatable bonds is 6. The van der Waals surface area contributed by atoms with Gasteiger partial charge in [0, 0.05) is 11.4 Å². The molecule has 2 aromatic carbocycles. The third-order valence-corrected chi connectivity index (χ3v) is 3.66. The number of hydrogen-bond donors (Lipinski definition) is 1. The highest BCUT2D eigenvalue weighted by molar-refractivity contribution is 5.91. The Bertz CT molecular complexity index is 536. The highest BCUT2D eigenvalue weighted by Gasteiger charge is 2.11. The molecule has 0 heterocycles. The van der Waals surface area contributed by atoms with Crippen LogP contribution in [0.3, 0.4) is 0 Å². The molecule has 2 heteroatoms. The number of hydrogen-bond acceptors (Lipinski definition) is 2. The molecule has 0 unspecified atom stereocenters. The zero-order chi connectivity index (χ0) is 13.7. The van der Waals surface area contributed by atoms with Gasteiger partial charge in [-0.25, -0.2) is 0 Å². The molecule has 2 aromatic rings. The van der Waals surface area contributed by atoms with Gasteiger partial charge in [-0.1, -0.05) is 56.5 Å². The molecule has 0 fully saturated rings. The smallest absolute Gasteiger partial charge is 0.126 e. The first-order chi connectivity index (χ1) is 9.27. The first-order valence-corrected chi connectivity index (χ1v) is 7.09. The summed E-state index contributed by atoms with van der Waals surface area (Å²) in [4.78, 5) is 0. The number of ether oxygens (including phenoxy) is 1. The molecule has 0 aliphatic rings. The van der Waals surface area contributed by atoms with Gasteiger partial charge in [0.1, 0.15) is 5.75 Å². The summed E-state index contributed by atoms with van der Waals surface area (Å²) >= 11 is 0. The third-order valence-electron chi connectivity index (χ3n) is 3.66. The molecule has 0 aromatic heterocycles. The number of unbranched alkanes of at least 4 members (excludes halogenated alkanes) is 2. The van der Waals surface area contributed by atoms with E-state index < -0.39 is 0 Å². The van der Waals surface area contributed by atoms with E-state index in [1.54, 1.807) is 7.11 Å². The van der Waals surface area contributed by atoms with Crippen molar-refractivity contribution in [2.45, 2.75) is 38.6 Å². The second-order valence-electron chi connectivity index (χ2n) is 5.00. The fourth-order valence-electron chi connectivity index (χ4n) is 2.57. The van der Waals surface area contributed by atoms with Gasteiger partial charge in [0.2, 0.25) is 0 Å². The second-order valence-corrected chi connectivity index (χ2v) is 5.00. The second kappa shape index (κ2) is 6.58. The van der Waals surface area contributed by atoms with Crippen molar-refractivity contribution in [1.29, 1.82) is 0 Å². The first-order valence-electron chi connectivity index (χ1n) is 7.09. The van der Waals surface area contributed by atoms with Crippen molar-refractivity contribution in [2.75, 3.05) is 7.11 Å². The summed E-state index contributed by atoms with van der Waals surface area (Å²) in [7, 11) is 1.71. The quantitative estimate of drug-likeness (QED) is 0.777. The molecule has 0 saturated carbocycles. The van der Waals surface area contributed by atoms with E-state index in [1.165, 1.54) is 30.2 Å². The minimum absolute atomic E-state index is 0.113. The third kappa shape index (κ3) is 3.07. The van der Waals surface area contributed by atoms with Gasteiger partial charge in [-0.3, -0.25) is 0 Å². The normalized spacial score (nSPS) is 12.6. The molecule has 0 spiro atoms. The van der Waals surface area contributed by atoms with Gasteiger partial charge in [0.05, 0.1) is 7.11 Å². The Labute approximate surface area is 115 Å². The summed E-state index contributed by atoms with van der Waals surface area (Å²) in [6.45, 7) is 2.22. The highest BCUT2D eigenvalue weighted by Crippen LogP contribution is 2.32. The van der Waals surface area contributed by atoms with Crippen LogP contribution in [-0.2, 0) is 0 Å². The number of nitrogens with two attached hydrogens (primary N) is 1. The SMILES string of the molecule is CCCCC[C@H](N)c1ccc(OC)c2ccccc12. The van der Waals surface area contributed by atoms with Crippen LogP contribution in [-0.4, -0.2) is 7.11 Å². The van der Waals surface area contributed by atoms with Crippen molar-refractivity contribution in [1.82, 2.24) is 0 Å². The maximum Gasteiger partial charge on any atom is 0.126 e. The molecule has 1 atom stereocenters. The predicted octanol–water partition coefficient (Wildman–Crippen LogP) is 4.43. The molecular weight excluding hydrogens is 234 g/mol.